The van der Waals surface area contributed by atoms with E-state index in [1.54, 1.807) is 0 Å². The summed E-state index contributed by atoms with van der Waals surface area (Å²) in [5, 5.41) is 0. The SMILES string of the molecule is Nc1cccc2c1CCN2C(=O)CCc1ccccc1. The summed E-state index contributed by atoms with van der Waals surface area (Å²) in [6.45, 7) is 0.747. The minimum atomic E-state index is 0.179. The fourth-order valence-corrected chi connectivity index (χ4v) is 2.75. The molecule has 3 heteroatoms. The fourth-order valence-electron chi connectivity index (χ4n) is 2.75. The molecule has 0 aromatic heterocycles. The van der Waals surface area contributed by atoms with Crippen molar-refractivity contribution in [2.24, 2.45) is 0 Å². The molecule has 0 radical (unpaired) electrons. The van der Waals surface area contributed by atoms with Crippen molar-refractivity contribution in [2.75, 3.05) is 17.2 Å². The molecule has 2 N–H and O–H groups in total. The van der Waals surface area contributed by atoms with E-state index in [0.717, 1.165) is 36.3 Å². The first-order valence-electron chi connectivity index (χ1n) is 6.97. The quantitative estimate of drug-likeness (QED) is 0.868. The maximum Gasteiger partial charge on any atom is 0.227 e. The average Bonchev–Trinajstić information content (AvgIpc) is 2.91. The number of benzene rings is 2. The molecular formula is C17H18N2O. The summed E-state index contributed by atoms with van der Waals surface area (Å²) < 4.78 is 0. The minimum Gasteiger partial charge on any atom is -0.398 e. The summed E-state index contributed by atoms with van der Waals surface area (Å²) in [5.41, 5.74) is 10.1. The average molecular weight is 266 g/mol. The maximum atomic E-state index is 12.4. The molecular weight excluding hydrogens is 248 g/mol. The minimum absolute atomic E-state index is 0.179. The summed E-state index contributed by atoms with van der Waals surface area (Å²) in [5.74, 6) is 0.179. The molecule has 0 bridgehead atoms. The van der Waals surface area contributed by atoms with Gasteiger partial charge in [-0.25, -0.2) is 0 Å². The van der Waals surface area contributed by atoms with E-state index in [1.165, 1.54) is 5.56 Å². The van der Waals surface area contributed by atoms with Gasteiger partial charge < -0.3 is 10.6 Å². The van der Waals surface area contributed by atoms with E-state index >= 15 is 0 Å². The van der Waals surface area contributed by atoms with E-state index in [1.807, 2.05) is 41.3 Å². The van der Waals surface area contributed by atoms with Crippen molar-refractivity contribution in [3.05, 3.63) is 59.7 Å². The molecule has 1 amide bonds. The molecule has 0 saturated carbocycles. The zero-order valence-corrected chi connectivity index (χ0v) is 11.4. The van der Waals surface area contributed by atoms with Gasteiger partial charge in [0.2, 0.25) is 5.91 Å². The van der Waals surface area contributed by atoms with E-state index in [-0.39, 0.29) is 5.91 Å². The second-order valence-electron chi connectivity index (χ2n) is 5.13. The smallest absolute Gasteiger partial charge is 0.227 e. The number of carbonyl (C=O) groups excluding carboxylic acids is 1. The van der Waals surface area contributed by atoms with E-state index in [2.05, 4.69) is 12.1 Å². The second kappa shape index (κ2) is 5.37. The van der Waals surface area contributed by atoms with Crippen LogP contribution in [0.15, 0.2) is 48.5 Å². The fraction of sp³-hybridized carbons (Fsp3) is 0.235. The Hall–Kier alpha value is -2.29. The summed E-state index contributed by atoms with van der Waals surface area (Å²) in [6, 6.07) is 15.9. The predicted octanol–water partition coefficient (Wildman–Crippen LogP) is 2.79. The molecule has 0 unspecified atom stereocenters. The van der Waals surface area contributed by atoms with Gasteiger partial charge in [-0.15, -0.1) is 0 Å². The van der Waals surface area contributed by atoms with E-state index in [0.29, 0.717) is 6.42 Å². The van der Waals surface area contributed by atoms with Crippen molar-refractivity contribution in [1.29, 1.82) is 0 Å². The zero-order chi connectivity index (χ0) is 13.9. The van der Waals surface area contributed by atoms with Crippen LogP contribution in [0.3, 0.4) is 0 Å². The molecule has 1 aliphatic rings. The molecule has 3 nitrogen and oxygen atoms in total. The standard InChI is InChI=1S/C17H18N2O/c18-15-7-4-8-16-14(15)11-12-19(16)17(20)10-9-13-5-2-1-3-6-13/h1-8H,9-12,18H2. The summed E-state index contributed by atoms with van der Waals surface area (Å²) >= 11 is 0. The van der Waals surface area contributed by atoms with Gasteiger partial charge in [-0.1, -0.05) is 36.4 Å². The summed E-state index contributed by atoms with van der Waals surface area (Å²) in [4.78, 5) is 14.2. The van der Waals surface area contributed by atoms with Gasteiger partial charge in [-0.05, 0) is 30.5 Å². The van der Waals surface area contributed by atoms with Crippen LogP contribution in [0.1, 0.15) is 17.5 Å². The highest BCUT2D eigenvalue weighted by atomic mass is 16.2. The van der Waals surface area contributed by atoms with Gasteiger partial charge in [0.15, 0.2) is 0 Å². The van der Waals surface area contributed by atoms with Crippen molar-refractivity contribution >= 4 is 17.3 Å². The third-order valence-electron chi connectivity index (χ3n) is 3.84. The van der Waals surface area contributed by atoms with Crippen molar-refractivity contribution in [1.82, 2.24) is 0 Å². The predicted molar refractivity (Wildman–Crippen MR) is 81.7 cm³/mol. The van der Waals surface area contributed by atoms with Crippen LogP contribution in [0.2, 0.25) is 0 Å². The number of hydrogen-bond acceptors (Lipinski definition) is 2. The second-order valence-corrected chi connectivity index (χ2v) is 5.13. The van der Waals surface area contributed by atoms with Crippen LogP contribution in [0.5, 0.6) is 0 Å². The Balaban J connectivity index is 1.70. The summed E-state index contributed by atoms with van der Waals surface area (Å²) in [6.07, 6.45) is 2.19. The number of aryl methyl sites for hydroxylation is 1. The molecule has 3 rings (SSSR count). The first kappa shape index (κ1) is 12.7. The van der Waals surface area contributed by atoms with Crippen molar-refractivity contribution in [3.8, 4) is 0 Å². The molecule has 102 valence electrons. The van der Waals surface area contributed by atoms with Crippen LogP contribution in [0.4, 0.5) is 11.4 Å². The molecule has 0 atom stereocenters. The largest absolute Gasteiger partial charge is 0.398 e. The molecule has 20 heavy (non-hydrogen) atoms. The van der Waals surface area contributed by atoms with Gasteiger partial charge in [0.25, 0.3) is 0 Å². The molecule has 0 aliphatic carbocycles. The highest BCUT2D eigenvalue weighted by Crippen LogP contribution is 2.32. The molecule has 1 aliphatic heterocycles. The Morgan fingerprint density at radius 3 is 2.70 bits per heavy atom. The number of amides is 1. The van der Waals surface area contributed by atoms with Crippen LogP contribution >= 0.6 is 0 Å². The number of nitrogens with two attached hydrogens (primary N) is 1. The van der Waals surface area contributed by atoms with Gasteiger partial charge in [-0.2, -0.15) is 0 Å². The van der Waals surface area contributed by atoms with Gasteiger partial charge in [0.05, 0.1) is 0 Å². The van der Waals surface area contributed by atoms with Crippen LogP contribution in [0.25, 0.3) is 0 Å². The zero-order valence-electron chi connectivity index (χ0n) is 11.4. The van der Waals surface area contributed by atoms with Crippen molar-refractivity contribution < 1.29 is 4.79 Å². The van der Waals surface area contributed by atoms with Crippen molar-refractivity contribution in [3.63, 3.8) is 0 Å². The first-order valence-corrected chi connectivity index (χ1v) is 6.97. The third kappa shape index (κ3) is 2.39. The van der Waals surface area contributed by atoms with Crippen LogP contribution in [-0.4, -0.2) is 12.5 Å². The van der Waals surface area contributed by atoms with E-state index in [4.69, 9.17) is 5.73 Å². The Morgan fingerprint density at radius 2 is 1.90 bits per heavy atom. The highest BCUT2D eigenvalue weighted by molar-refractivity contribution is 5.96. The number of anilines is 2. The summed E-state index contributed by atoms with van der Waals surface area (Å²) in [7, 11) is 0. The number of hydrogen-bond donors (Lipinski definition) is 1. The van der Waals surface area contributed by atoms with Crippen LogP contribution in [0, 0.1) is 0 Å². The van der Waals surface area contributed by atoms with Gasteiger partial charge in [0, 0.05) is 29.9 Å². The number of nitrogens with zero attached hydrogens (tertiary/aromatic N) is 1. The Labute approximate surface area is 119 Å². The molecule has 0 spiro atoms. The van der Waals surface area contributed by atoms with Crippen LogP contribution in [-0.2, 0) is 17.6 Å². The lowest BCUT2D eigenvalue weighted by Gasteiger charge is -2.17. The first-order chi connectivity index (χ1) is 9.75. The number of carbonyl (C=O) groups is 1. The Morgan fingerprint density at radius 1 is 1.10 bits per heavy atom. The molecule has 2 aromatic carbocycles. The lowest BCUT2D eigenvalue weighted by molar-refractivity contribution is -0.118. The Bertz CT molecular complexity index is 622. The highest BCUT2D eigenvalue weighted by Gasteiger charge is 2.25. The monoisotopic (exact) mass is 266 g/mol. The molecule has 0 saturated heterocycles. The van der Waals surface area contributed by atoms with Crippen molar-refractivity contribution in [2.45, 2.75) is 19.3 Å². The lowest BCUT2D eigenvalue weighted by Crippen LogP contribution is -2.29. The molecule has 2 aromatic rings. The third-order valence-corrected chi connectivity index (χ3v) is 3.84. The van der Waals surface area contributed by atoms with Gasteiger partial charge in [0.1, 0.15) is 0 Å². The maximum absolute atomic E-state index is 12.4. The Kier molecular flexibility index (Phi) is 3.42. The molecule has 0 fully saturated rings. The lowest BCUT2D eigenvalue weighted by atomic mass is 10.1. The topological polar surface area (TPSA) is 46.3 Å². The normalized spacial score (nSPS) is 13.3. The number of rotatable bonds is 3. The van der Waals surface area contributed by atoms with Gasteiger partial charge in [-0.3, -0.25) is 4.79 Å². The van der Waals surface area contributed by atoms with E-state index < -0.39 is 0 Å². The molecule has 1 heterocycles. The number of fused-ring (bicyclic) bond motifs is 1. The van der Waals surface area contributed by atoms with Crippen LogP contribution < -0.4 is 10.6 Å². The number of nitrogen functional groups attached to an aromatic ring is 1. The van der Waals surface area contributed by atoms with Gasteiger partial charge >= 0.3 is 0 Å². The van der Waals surface area contributed by atoms with E-state index in [9.17, 15) is 4.79 Å².